The van der Waals surface area contributed by atoms with Crippen molar-refractivity contribution in [2.24, 2.45) is 0 Å². The van der Waals surface area contributed by atoms with Crippen molar-refractivity contribution in [3.63, 3.8) is 0 Å². The summed E-state index contributed by atoms with van der Waals surface area (Å²) in [5, 5.41) is 1.86. The maximum atomic E-state index is 6.39. The van der Waals surface area contributed by atoms with Gasteiger partial charge in [0.1, 0.15) is 5.03 Å². The molecule has 1 saturated heterocycles. The summed E-state index contributed by atoms with van der Waals surface area (Å²) in [5.74, 6) is 0. The third-order valence-corrected chi connectivity index (χ3v) is 7.69. The van der Waals surface area contributed by atoms with Crippen molar-refractivity contribution in [1.82, 2.24) is 9.88 Å². The number of halogens is 1. The maximum Gasteiger partial charge on any atom is 0.104 e. The van der Waals surface area contributed by atoms with Gasteiger partial charge in [0.25, 0.3) is 0 Å². The van der Waals surface area contributed by atoms with Gasteiger partial charge >= 0.3 is 0 Å². The molecule has 0 bridgehead atoms. The van der Waals surface area contributed by atoms with Crippen LogP contribution in [0.3, 0.4) is 0 Å². The van der Waals surface area contributed by atoms with Crippen LogP contribution in [0.15, 0.2) is 108 Å². The molecule has 0 spiro atoms. The molecule has 1 aliphatic rings. The SMILES string of the molecule is Clc1ccc(-c2cccnc2SC(c2ccccc2)[C@@H]2CN(Cc3ccccc3)CCO2)cc1. The van der Waals surface area contributed by atoms with E-state index in [4.69, 9.17) is 21.3 Å². The highest BCUT2D eigenvalue weighted by Gasteiger charge is 2.31. The predicted octanol–water partition coefficient (Wildman–Crippen LogP) is 7.14. The Morgan fingerprint density at radius 3 is 2.41 bits per heavy atom. The third-order valence-electron chi connectivity index (χ3n) is 6.06. The molecule has 1 fully saturated rings. The van der Waals surface area contributed by atoms with Crippen molar-refractivity contribution in [2.45, 2.75) is 22.9 Å². The largest absolute Gasteiger partial charge is 0.374 e. The lowest BCUT2D eigenvalue weighted by atomic mass is 10.1. The normalized spacial score (nSPS) is 17.4. The number of morpholine rings is 1. The molecule has 2 atom stereocenters. The minimum atomic E-state index is 0.0601. The van der Waals surface area contributed by atoms with Gasteiger partial charge in [0.05, 0.1) is 18.0 Å². The average Bonchev–Trinajstić information content (AvgIpc) is 2.89. The van der Waals surface area contributed by atoms with Crippen molar-refractivity contribution in [3.05, 3.63) is 119 Å². The van der Waals surface area contributed by atoms with Crippen LogP contribution in [-0.4, -0.2) is 35.7 Å². The topological polar surface area (TPSA) is 25.4 Å². The fourth-order valence-corrected chi connectivity index (χ4v) is 5.77. The van der Waals surface area contributed by atoms with Crippen molar-refractivity contribution in [3.8, 4) is 11.1 Å². The van der Waals surface area contributed by atoms with Crippen LogP contribution in [-0.2, 0) is 11.3 Å². The Bertz CT molecular complexity index is 1190. The van der Waals surface area contributed by atoms with Crippen molar-refractivity contribution in [1.29, 1.82) is 0 Å². The average molecular weight is 487 g/mol. The van der Waals surface area contributed by atoms with Crippen molar-refractivity contribution < 1.29 is 4.74 Å². The second-order valence-electron chi connectivity index (χ2n) is 8.44. The number of nitrogens with zero attached hydrogens (tertiary/aromatic N) is 2. The molecule has 2 heterocycles. The second kappa shape index (κ2) is 11.2. The van der Waals surface area contributed by atoms with Gasteiger partial charge in [0, 0.05) is 36.4 Å². The molecule has 1 aromatic heterocycles. The highest BCUT2D eigenvalue weighted by atomic mass is 35.5. The maximum absolute atomic E-state index is 6.39. The summed E-state index contributed by atoms with van der Waals surface area (Å²) in [6.45, 7) is 3.49. The summed E-state index contributed by atoms with van der Waals surface area (Å²) < 4.78 is 6.39. The Balaban J connectivity index is 1.42. The number of aromatic nitrogens is 1. The summed E-state index contributed by atoms with van der Waals surface area (Å²) in [6, 6.07) is 33.4. The number of pyridine rings is 1. The number of benzene rings is 3. The molecule has 3 nitrogen and oxygen atoms in total. The molecule has 0 aliphatic carbocycles. The monoisotopic (exact) mass is 486 g/mol. The van der Waals surface area contributed by atoms with Crippen LogP contribution in [0.2, 0.25) is 5.02 Å². The Kier molecular flexibility index (Phi) is 7.62. The van der Waals surface area contributed by atoms with Gasteiger partial charge in [-0.2, -0.15) is 0 Å². The van der Waals surface area contributed by atoms with Gasteiger partial charge in [-0.3, -0.25) is 4.90 Å². The fraction of sp³-hybridized carbons (Fsp3) is 0.207. The van der Waals surface area contributed by atoms with Crippen LogP contribution in [0.25, 0.3) is 11.1 Å². The summed E-state index contributed by atoms with van der Waals surface area (Å²) in [4.78, 5) is 7.28. The zero-order valence-electron chi connectivity index (χ0n) is 18.9. The smallest absolute Gasteiger partial charge is 0.104 e. The summed E-state index contributed by atoms with van der Waals surface area (Å²) in [7, 11) is 0. The lowest BCUT2D eigenvalue weighted by molar-refractivity contribution is -0.0320. The van der Waals surface area contributed by atoms with E-state index in [2.05, 4.69) is 83.8 Å². The van der Waals surface area contributed by atoms with E-state index in [1.165, 1.54) is 11.1 Å². The minimum absolute atomic E-state index is 0.0601. The zero-order chi connectivity index (χ0) is 23.2. The van der Waals surface area contributed by atoms with Crippen LogP contribution in [0.4, 0.5) is 0 Å². The summed E-state index contributed by atoms with van der Waals surface area (Å²) >= 11 is 7.92. The van der Waals surface area contributed by atoms with E-state index in [9.17, 15) is 0 Å². The molecule has 1 unspecified atom stereocenters. The minimum Gasteiger partial charge on any atom is -0.374 e. The first-order valence-electron chi connectivity index (χ1n) is 11.6. The van der Waals surface area contributed by atoms with Gasteiger partial charge in [0.15, 0.2) is 0 Å². The molecule has 1 aliphatic heterocycles. The number of hydrogen-bond donors (Lipinski definition) is 0. The van der Waals surface area contributed by atoms with Crippen LogP contribution in [0, 0.1) is 0 Å². The van der Waals surface area contributed by atoms with E-state index in [0.29, 0.717) is 0 Å². The molecule has 34 heavy (non-hydrogen) atoms. The van der Waals surface area contributed by atoms with Crippen molar-refractivity contribution >= 4 is 23.4 Å². The van der Waals surface area contributed by atoms with Gasteiger partial charge < -0.3 is 4.74 Å². The van der Waals surface area contributed by atoms with Gasteiger partial charge in [-0.05, 0) is 34.9 Å². The molecular weight excluding hydrogens is 460 g/mol. The molecule has 172 valence electrons. The number of hydrogen-bond acceptors (Lipinski definition) is 4. The predicted molar refractivity (Wildman–Crippen MR) is 141 cm³/mol. The van der Waals surface area contributed by atoms with Crippen LogP contribution in [0.5, 0.6) is 0 Å². The molecule has 0 radical (unpaired) electrons. The Morgan fingerprint density at radius 2 is 1.65 bits per heavy atom. The Labute approximate surface area is 210 Å². The Hall–Kier alpha value is -2.63. The number of rotatable bonds is 7. The van der Waals surface area contributed by atoms with E-state index in [0.717, 1.165) is 47.4 Å². The van der Waals surface area contributed by atoms with E-state index in [-0.39, 0.29) is 11.4 Å². The molecule has 0 saturated carbocycles. The van der Waals surface area contributed by atoms with Gasteiger partial charge in [-0.25, -0.2) is 4.98 Å². The standard InChI is InChI=1S/C29H27ClN2OS/c30-25-15-13-23(14-16-25)26-12-7-17-31-29(26)34-28(24-10-5-2-6-11-24)27-21-32(18-19-33-27)20-22-8-3-1-4-9-22/h1-17,27-28H,18-21H2/t27-,28?/m0/s1. The second-order valence-corrected chi connectivity index (χ2v) is 10.0. The summed E-state index contributed by atoms with van der Waals surface area (Å²) in [6.07, 6.45) is 1.93. The zero-order valence-corrected chi connectivity index (χ0v) is 20.5. The quantitative estimate of drug-likeness (QED) is 0.259. The Morgan fingerprint density at radius 1 is 0.912 bits per heavy atom. The van der Waals surface area contributed by atoms with Crippen LogP contribution >= 0.6 is 23.4 Å². The van der Waals surface area contributed by atoms with E-state index in [1.54, 1.807) is 11.8 Å². The molecular formula is C29H27ClN2OS. The van der Waals surface area contributed by atoms with Gasteiger partial charge in [-0.15, -0.1) is 0 Å². The lowest BCUT2D eigenvalue weighted by Crippen LogP contribution is -2.44. The number of thioether (sulfide) groups is 1. The molecule has 5 rings (SSSR count). The molecule has 5 heteroatoms. The molecule has 0 N–H and O–H groups in total. The first-order valence-corrected chi connectivity index (χ1v) is 12.8. The third kappa shape index (κ3) is 5.70. The van der Waals surface area contributed by atoms with Gasteiger partial charge in [-0.1, -0.05) is 102 Å². The van der Waals surface area contributed by atoms with Crippen LogP contribution in [0.1, 0.15) is 16.4 Å². The highest BCUT2D eigenvalue weighted by molar-refractivity contribution is 7.99. The van der Waals surface area contributed by atoms with E-state index < -0.39 is 0 Å². The molecule has 4 aromatic rings. The van der Waals surface area contributed by atoms with Crippen molar-refractivity contribution in [2.75, 3.05) is 19.7 Å². The van der Waals surface area contributed by atoms with E-state index in [1.807, 2.05) is 24.4 Å². The fourth-order valence-electron chi connectivity index (χ4n) is 4.36. The highest BCUT2D eigenvalue weighted by Crippen LogP contribution is 2.43. The lowest BCUT2D eigenvalue weighted by Gasteiger charge is -2.37. The first kappa shape index (κ1) is 23.1. The van der Waals surface area contributed by atoms with E-state index >= 15 is 0 Å². The molecule has 0 amide bonds. The van der Waals surface area contributed by atoms with Crippen LogP contribution < -0.4 is 0 Å². The molecule has 3 aromatic carbocycles. The summed E-state index contributed by atoms with van der Waals surface area (Å²) in [5.41, 5.74) is 4.82. The first-order chi connectivity index (χ1) is 16.8. The van der Waals surface area contributed by atoms with Gasteiger partial charge in [0.2, 0.25) is 0 Å². The number of ether oxygens (including phenoxy) is 1.